The number of nitrogens with one attached hydrogen (secondary N) is 1. The van der Waals surface area contributed by atoms with E-state index in [0.29, 0.717) is 16.2 Å². The number of carbonyl (C=O) groups excluding carboxylic acids is 1. The number of amides is 1. The minimum absolute atomic E-state index is 0.255. The summed E-state index contributed by atoms with van der Waals surface area (Å²) < 4.78 is 12.0. The lowest BCUT2D eigenvalue weighted by Gasteiger charge is -2.27. The molecule has 1 aromatic rings. The van der Waals surface area contributed by atoms with Crippen LogP contribution in [0.2, 0.25) is 0 Å². The molecular weight excluding hydrogens is 298 g/mol. The van der Waals surface area contributed by atoms with E-state index in [9.17, 15) is 14.1 Å². The smallest absolute Gasteiger partial charge is 0.252 e. The first kappa shape index (κ1) is 17.2. The molecule has 1 unspecified atom stereocenters. The molecule has 1 atom stereocenters. The fourth-order valence-corrected chi connectivity index (χ4v) is 3.86. The van der Waals surface area contributed by atoms with Crippen molar-refractivity contribution in [2.75, 3.05) is 12.3 Å². The van der Waals surface area contributed by atoms with Crippen molar-refractivity contribution < 1.29 is 14.1 Å². The Bertz CT molecular complexity index is 536. The van der Waals surface area contributed by atoms with Crippen LogP contribution in [0, 0.1) is 0 Å². The summed E-state index contributed by atoms with van der Waals surface area (Å²) in [5.41, 5.74) is -0.356. The number of benzene rings is 1. The molecule has 22 heavy (non-hydrogen) atoms. The predicted molar refractivity (Wildman–Crippen MR) is 88.4 cm³/mol. The van der Waals surface area contributed by atoms with Crippen molar-refractivity contribution in [3.05, 3.63) is 29.8 Å². The van der Waals surface area contributed by atoms with Gasteiger partial charge >= 0.3 is 0 Å². The van der Waals surface area contributed by atoms with Crippen molar-refractivity contribution in [1.29, 1.82) is 0 Å². The zero-order valence-electron chi connectivity index (χ0n) is 13.1. The van der Waals surface area contributed by atoms with Crippen LogP contribution in [-0.2, 0) is 10.8 Å². The van der Waals surface area contributed by atoms with Crippen molar-refractivity contribution in [2.24, 2.45) is 0 Å². The number of rotatable bonds is 5. The van der Waals surface area contributed by atoms with Gasteiger partial charge in [0.2, 0.25) is 0 Å². The summed E-state index contributed by atoms with van der Waals surface area (Å²) in [6.45, 7) is 2.10. The van der Waals surface area contributed by atoms with Crippen LogP contribution in [0.25, 0.3) is 0 Å². The maximum Gasteiger partial charge on any atom is 0.252 e. The third-order valence-corrected chi connectivity index (χ3v) is 5.62. The third kappa shape index (κ3) is 4.40. The molecule has 1 fully saturated rings. The topological polar surface area (TPSA) is 66.4 Å². The zero-order chi connectivity index (χ0) is 16.0. The molecule has 0 aromatic heterocycles. The van der Waals surface area contributed by atoms with Crippen LogP contribution in [-0.4, -0.2) is 33.1 Å². The van der Waals surface area contributed by atoms with E-state index in [4.69, 9.17) is 0 Å². The van der Waals surface area contributed by atoms with Crippen LogP contribution in [0.1, 0.15) is 55.8 Å². The monoisotopic (exact) mass is 323 g/mol. The summed E-state index contributed by atoms with van der Waals surface area (Å²) in [7, 11) is -1.17. The molecule has 1 aliphatic rings. The normalized spacial score (nSPS) is 19.2. The Morgan fingerprint density at radius 1 is 1.23 bits per heavy atom. The van der Waals surface area contributed by atoms with Gasteiger partial charge in [0, 0.05) is 12.3 Å². The van der Waals surface area contributed by atoms with Gasteiger partial charge in [-0.05, 0) is 25.0 Å². The van der Waals surface area contributed by atoms with Gasteiger partial charge < -0.3 is 10.4 Å². The maximum absolute atomic E-state index is 12.4. The first-order chi connectivity index (χ1) is 10.6. The molecule has 1 amide bonds. The van der Waals surface area contributed by atoms with Crippen LogP contribution in [0.15, 0.2) is 29.2 Å². The summed E-state index contributed by atoms with van der Waals surface area (Å²) in [5, 5.41) is 13.4. The SMILES string of the molecule is CCS(=O)c1ccccc1C(=O)NCC1(O)CCCCCC1. The molecule has 1 aromatic carbocycles. The summed E-state index contributed by atoms with van der Waals surface area (Å²) in [5.74, 6) is 0.226. The van der Waals surface area contributed by atoms with E-state index in [1.165, 1.54) is 0 Å². The molecule has 1 saturated carbocycles. The lowest BCUT2D eigenvalue weighted by molar-refractivity contribution is 0.0246. The summed E-state index contributed by atoms with van der Waals surface area (Å²) in [6.07, 6.45) is 5.76. The molecule has 1 aliphatic carbocycles. The van der Waals surface area contributed by atoms with Crippen LogP contribution in [0.3, 0.4) is 0 Å². The highest BCUT2D eigenvalue weighted by molar-refractivity contribution is 7.85. The molecule has 2 N–H and O–H groups in total. The summed E-state index contributed by atoms with van der Waals surface area (Å²) >= 11 is 0. The maximum atomic E-state index is 12.4. The van der Waals surface area contributed by atoms with Crippen LogP contribution in [0.4, 0.5) is 0 Å². The minimum atomic E-state index is -1.17. The first-order valence-electron chi connectivity index (χ1n) is 8.04. The molecule has 0 saturated heterocycles. The Morgan fingerprint density at radius 2 is 1.86 bits per heavy atom. The van der Waals surface area contributed by atoms with Crippen LogP contribution >= 0.6 is 0 Å². The van der Waals surface area contributed by atoms with Gasteiger partial charge in [-0.3, -0.25) is 9.00 Å². The second-order valence-corrected chi connectivity index (χ2v) is 7.66. The lowest BCUT2D eigenvalue weighted by Crippen LogP contribution is -2.42. The van der Waals surface area contributed by atoms with Crippen molar-refractivity contribution in [1.82, 2.24) is 5.32 Å². The van der Waals surface area contributed by atoms with Crippen LogP contribution < -0.4 is 5.32 Å². The molecule has 122 valence electrons. The highest BCUT2D eigenvalue weighted by atomic mass is 32.2. The molecule has 5 heteroatoms. The predicted octanol–water partition coefficient (Wildman–Crippen LogP) is 2.63. The highest BCUT2D eigenvalue weighted by Gasteiger charge is 2.28. The van der Waals surface area contributed by atoms with Gasteiger partial charge in [0.1, 0.15) is 0 Å². The van der Waals surface area contributed by atoms with E-state index in [0.717, 1.165) is 38.5 Å². The van der Waals surface area contributed by atoms with Crippen molar-refractivity contribution in [2.45, 2.75) is 55.9 Å². The molecular formula is C17H25NO3S. The average molecular weight is 323 g/mol. The van der Waals surface area contributed by atoms with E-state index in [2.05, 4.69) is 5.32 Å². The highest BCUT2D eigenvalue weighted by Crippen LogP contribution is 2.26. The molecule has 4 nitrogen and oxygen atoms in total. The quantitative estimate of drug-likeness (QED) is 0.819. The molecule has 0 bridgehead atoms. The molecule has 0 aliphatic heterocycles. The zero-order valence-corrected chi connectivity index (χ0v) is 14.0. The van der Waals surface area contributed by atoms with E-state index < -0.39 is 16.4 Å². The van der Waals surface area contributed by atoms with E-state index in [1.54, 1.807) is 24.3 Å². The lowest BCUT2D eigenvalue weighted by atomic mass is 9.94. The Hall–Kier alpha value is -1.20. The fourth-order valence-electron chi connectivity index (χ4n) is 2.91. The number of hydrogen-bond acceptors (Lipinski definition) is 3. The summed E-state index contributed by atoms with van der Waals surface area (Å²) in [6, 6.07) is 6.98. The van der Waals surface area contributed by atoms with Gasteiger partial charge in [0.25, 0.3) is 5.91 Å². The van der Waals surface area contributed by atoms with Gasteiger partial charge in [-0.2, -0.15) is 0 Å². The van der Waals surface area contributed by atoms with Gasteiger partial charge in [0.15, 0.2) is 0 Å². The first-order valence-corrected chi connectivity index (χ1v) is 9.35. The van der Waals surface area contributed by atoms with Crippen molar-refractivity contribution in [3.8, 4) is 0 Å². The Balaban J connectivity index is 2.05. The second kappa shape index (κ2) is 7.88. The molecule has 0 heterocycles. The number of carbonyl (C=O) groups is 1. The fraction of sp³-hybridized carbons (Fsp3) is 0.588. The van der Waals surface area contributed by atoms with Gasteiger partial charge in [-0.25, -0.2) is 0 Å². The van der Waals surface area contributed by atoms with Gasteiger partial charge in [0.05, 0.1) is 26.9 Å². The minimum Gasteiger partial charge on any atom is -0.388 e. The summed E-state index contributed by atoms with van der Waals surface area (Å²) in [4.78, 5) is 13.0. The van der Waals surface area contributed by atoms with Crippen molar-refractivity contribution in [3.63, 3.8) is 0 Å². The molecule has 0 spiro atoms. The molecule has 2 rings (SSSR count). The van der Waals surface area contributed by atoms with E-state index in [1.807, 2.05) is 6.92 Å². The Labute approximate surface area is 134 Å². The number of aliphatic hydroxyl groups is 1. The standard InChI is InChI=1S/C17H25NO3S/c1-2-22(21)15-10-6-5-9-14(15)16(19)18-13-17(20)11-7-3-4-8-12-17/h5-6,9-10,20H,2-4,7-8,11-13H2,1H3,(H,18,19). The number of hydrogen-bond donors (Lipinski definition) is 2. The second-order valence-electron chi connectivity index (χ2n) is 5.95. The Morgan fingerprint density at radius 3 is 2.50 bits per heavy atom. The van der Waals surface area contributed by atoms with Crippen molar-refractivity contribution >= 4 is 16.7 Å². The third-order valence-electron chi connectivity index (χ3n) is 4.25. The van der Waals surface area contributed by atoms with E-state index in [-0.39, 0.29) is 12.5 Å². The Kier molecular flexibility index (Phi) is 6.15. The van der Waals surface area contributed by atoms with E-state index >= 15 is 0 Å². The van der Waals surface area contributed by atoms with Gasteiger partial charge in [-0.15, -0.1) is 0 Å². The van der Waals surface area contributed by atoms with Crippen LogP contribution in [0.5, 0.6) is 0 Å². The molecule has 0 radical (unpaired) electrons. The van der Waals surface area contributed by atoms with Gasteiger partial charge in [-0.1, -0.05) is 44.7 Å². The average Bonchev–Trinajstić information content (AvgIpc) is 2.77. The largest absolute Gasteiger partial charge is 0.388 e.